The number of amides is 1. The van der Waals surface area contributed by atoms with Crippen molar-refractivity contribution in [3.05, 3.63) is 78.5 Å². The Kier molecular flexibility index (Phi) is 5.47. The van der Waals surface area contributed by atoms with Gasteiger partial charge in [-0.1, -0.05) is 24.3 Å². The van der Waals surface area contributed by atoms with E-state index in [4.69, 9.17) is 13.9 Å². The van der Waals surface area contributed by atoms with E-state index < -0.39 is 0 Å². The van der Waals surface area contributed by atoms with Crippen molar-refractivity contribution in [1.82, 2.24) is 14.9 Å². The number of benzene rings is 2. The Morgan fingerprint density at radius 2 is 1.86 bits per heavy atom. The Morgan fingerprint density at radius 3 is 2.66 bits per heavy atom. The predicted molar refractivity (Wildman–Crippen MR) is 108 cm³/mol. The van der Waals surface area contributed by atoms with Crippen LogP contribution in [0.1, 0.15) is 11.6 Å². The van der Waals surface area contributed by atoms with Crippen LogP contribution in [0.3, 0.4) is 0 Å². The molecule has 0 unspecified atom stereocenters. The number of carbonyl (C=O) groups is 1. The Morgan fingerprint density at radius 1 is 1.07 bits per heavy atom. The standard InChI is InChI=1S/C22H21N3O4/c1-27-19-10-4-5-11-20(19)29-15-21-24-17-8-2-3-9-18(17)25(21)14-22(26)23-13-16-7-6-12-28-16/h2-12H,13-15H2,1H3,(H,23,26). The summed E-state index contributed by atoms with van der Waals surface area (Å²) in [5, 5.41) is 2.87. The van der Waals surface area contributed by atoms with Crippen molar-refractivity contribution in [3.8, 4) is 11.5 Å². The summed E-state index contributed by atoms with van der Waals surface area (Å²) in [6.07, 6.45) is 1.58. The summed E-state index contributed by atoms with van der Waals surface area (Å²) in [6, 6.07) is 18.7. The smallest absolute Gasteiger partial charge is 0.240 e. The molecule has 0 atom stereocenters. The average molecular weight is 391 g/mol. The molecule has 0 aliphatic rings. The van der Waals surface area contributed by atoms with Gasteiger partial charge >= 0.3 is 0 Å². The van der Waals surface area contributed by atoms with Crippen molar-refractivity contribution in [3.63, 3.8) is 0 Å². The number of ether oxygens (including phenoxy) is 2. The minimum absolute atomic E-state index is 0.131. The largest absolute Gasteiger partial charge is 0.493 e. The first-order valence-corrected chi connectivity index (χ1v) is 9.23. The van der Waals surface area contributed by atoms with Crippen LogP contribution in [0.25, 0.3) is 11.0 Å². The van der Waals surface area contributed by atoms with E-state index in [1.807, 2.05) is 59.2 Å². The average Bonchev–Trinajstić information content (AvgIpc) is 3.39. The van der Waals surface area contributed by atoms with Gasteiger partial charge in [-0.3, -0.25) is 4.79 Å². The number of hydrogen-bond acceptors (Lipinski definition) is 5. The third-order valence-electron chi connectivity index (χ3n) is 4.50. The number of para-hydroxylation sites is 4. The first-order chi connectivity index (χ1) is 14.2. The summed E-state index contributed by atoms with van der Waals surface area (Å²) in [6.45, 7) is 0.678. The fourth-order valence-corrected chi connectivity index (χ4v) is 3.09. The van der Waals surface area contributed by atoms with Crippen LogP contribution in [0.15, 0.2) is 71.3 Å². The molecule has 0 spiro atoms. The lowest BCUT2D eigenvalue weighted by molar-refractivity contribution is -0.121. The number of fused-ring (bicyclic) bond motifs is 1. The van der Waals surface area contributed by atoms with E-state index in [0.717, 1.165) is 11.0 Å². The van der Waals surface area contributed by atoms with E-state index in [-0.39, 0.29) is 19.1 Å². The van der Waals surface area contributed by atoms with Crippen LogP contribution in [-0.4, -0.2) is 22.6 Å². The summed E-state index contributed by atoms with van der Waals surface area (Å²) in [7, 11) is 1.60. The maximum Gasteiger partial charge on any atom is 0.240 e. The summed E-state index contributed by atoms with van der Waals surface area (Å²) in [4.78, 5) is 17.2. The number of methoxy groups -OCH3 is 1. The summed E-state index contributed by atoms with van der Waals surface area (Å²) < 4.78 is 18.4. The number of carbonyl (C=O) groups excluding carboxylic acids is 1. The molecule has 0 bridgehead atoms. The maximum absolute atomic E-state index is 12.5. The second-order valence-corrected chi connectivity index (χ2v) is 6.40. The molecule has 0 radical (unpaired) electrons. The van der Waals surface area contributed by atoms with Crippen LogP contribution in [0.4, 0.5) is 0 Å². The molecule has 0 aliphatic carbocycles. The minimum atomic E-state index is -0.136. The van der Waals surface area contributed by atoms with Crippen LogP contribution in [0.5, 0.6) is 11.5 Å². The molecule has 0 saturated carbocycles. The van der Waals surface area contributed by atoms with Crippen molar-refractivity contribution >= 4 is 16.9 Å². The number of rotatable bonds is 8. The number of hydrogen-bond donors (Lipinski definition) is 1. The van der Waals surface area contributed by atoms with E-state index in [1.165, 1.54) is 0 Å². The molecule has 4 rings (SSSR count). The van der Waals surface area contributed by atoms with Crippen molar-refractivity contribution < 1.29 is 18.7 Å². The summed E-state index contributed by atoms with van der Waals surface area (Å²) in [5.74, 6) is 2.49. The number of nitrogens with zero attached hydrogens (tertiary/aromatic N) is 2. The molecule has 0 saturated heterocycles. The first-order valence-electron chi connectivity index (χ1n) is 9.23. The van der Waals surface area contributed by atoms with Crippen molar-refractivity contribution in [2.45, 2.75) is 19.7 Å². The highest BCUT2D eigenvalue weighted by molar-refractivity contribution is 5.81. The van der Waals surface area contributed by atoms with E-state index in [2.05, 4.69) is 10.3 Å². The number of aromatic nitrogens is 2. The zero-order valence-electron chi connectivity index (χ0n) is 16.0. The Labute approximate surface area is 167 Å². The maximum atomic E-state index is 12.5. The van der Waals surface area contributed by atoms with E-state index in [1.54, 1.807) is 19.4 Å². The van der Waals surface area contributed by atoms with Crippen LogP contribution in [0, 0.1) is 0 Å². The van der Waals surface area contributed by atoms with Gasteiger partial charge in [0.25, 0.3) is 0 Å². The molecule has 148 valence electrons. The van der Waals surface area contributed by atoms with Gasteiger partial charge in [-0.15, -0.1) is 0 Å². The minimum Gasteiger partial charge on any atom is -0.493 e. The Bertz CT molecular complexity index is 1100. The molecule has 2 aromatic carbocycles. The molecule has 4 aromatic rings. The van der Waals surface area contributed by atoms with Gasteiger partial charge in [0.05, 0.1) is 31.0 Å². The highest BCUT2D eigenvalue weighted by Crippen LogP contribution is 2.27. The fraction of sp³-hybridized carbons (Fsp3) is 0.182. The lowest BCUT2D eigenvalue weighted by Gasteiger charge is -2.12. The zero-order valence-corrected chi connectivity index (χ0v) is 16.0. The van der Waals surface area contributed by atoms with Crippen LogP contribution < -0.4 is 14.8 Å². The predicted octanol–water partition coefficient (Wildman–Crippen LogP) is 3.53. The van der Waals surface area contributed by atoms with Gasteiger partial charge in [-0.05, 0) is 36.4 Å². The lowest BCUT2D eigenvalue weighted by atomic mass is 10.3. The van der Waals surface area contributed by atoms with Crippen molar-refractivity contribution in [2.75, 3.05) is 7.11 Å². The molecular weight excluding hydrogens is 370 g/mol. The molecule has 2 aromatic heterocycles. The lowest BCUT2D eigenvalue weighted by Crippen LogP contribution is -2.27. The SMILES string of the molecule is COc1ccccc1OCc1nc2ccccc2n1CC(=O)NCc1ccco1. The molecule has 1 amide bonds. The molecule has 29 heavy (non-hydrogen) atoms. The highest BCUT2D eigenvalue weighted by atomic mass is 16.5. The second kappa shape index (κ2) is 8.52. The van der Waals surface area contributed by atoms with Gasteiger partial charge < -0.3 is 23.8 Å². The van der Waals surface area contributed by atoms with E-state index >= 15 is 0 Å². The zero-order chi connectivity index (χ0) is 20.1. The van der Waals surface area contributed by atoms with E-state index in [9.17, 15) is 4.79 Å². The molecule has 1 N–H and O–H groups in total. The topological polar surface area (TPSA) is 78.5 Å². The van der Waals surface area contributed by atoms with Crippen LogP contribution in [-0.2, 0) is 24.5 Å². The quantitative estimate of drug-likeness (QED) is 0.497. The normalized spacial score (nSPS) is 10.8. The molecule has 7 heteroatoms. The van der Waals surface area contributed by atoms with Crippen LogP contribution in [0.2, 0.25) is 0 Å². The van der Waals surface area contributed by atoms with Gasteiger partial charge in [-0.25, -0.2) is 4.98 Å². The summed E-state index contributed by atoms with van der Waals surface area (Å²) >= 11 is 0. The van der Waals surface area contributed by atoms with Gasteiger partial charge in [0.1, 0.15) is 24.7 Å². The monoisotopic (exact) mass is 391 g/mol. The second-order valence-electron chi connectivity index (χ2n) is 6.40. The summed E-state index contributed by atoms with van der Waals surface area (Å²) in [5.41, 5.74) is 1.68. The molecule has 0 aliphatic heterocycles. The van der Waals surface area contributed by atoms with Gasteiger partial charge in [0, 0.05) is 0 Å². The molecular formula is C22H21N3O4. The number of furan rings is 1. The molecule has 0 fully saturated rings. The number of imidazole rings is 1. The van der Waals surface area contributed by atoms with E-state index in [0.29, 0.717) is 29.6 Å². The third kappa shape index (κ3) is 4.24. The van der Waals surface area contributed by atoms with Crippen LogP contribution >= 0.6 is 0 Å². The first kappa shape index (κ1) is 18.6. The fourth-order valence-electron chi connectivity index (χ4n) is 3.09. The molecule has 7 nitrogen and oxygen atoms in total. The van der Waals surface area contributed by atoms with Gasteiger partial charge in [0.2, 0.25) is 5.91 Å². The van der Waals surface area contributed by atoms with Crippen molar-refractivity contribution in [2.24, 2.45) is 0 Å². The van der Waals surface area contributed by atoms with Crippen molar-refractivity contribution in [1.29, 1.82) is 0 Å². The number of nitrogens with one attached hydrogen (secondary N) is 1. The Balaban J connectivity index is 1.53. The van der Waals surface area contributed by atoms with Gasteiger partial charge in [-0.2, -0.15) is 0 Å². The highest BCUT2D eigenvalue weighted by Gasteiger charge is 2.15. The molecule has 2 heterocycles. The van der Waals surface area contributed by atoms with Gasteiger partial charge in [0.15, 0.2) is 11.5 Å². The Hall–Kier alpha value is -3.74. The third-order valence-corrected chi connectivity index (χ3v) is 4.50.